The molecule has 0 aromatic rings. The molecule has 0 radical (unpaired) electrons. The molecule has 0 spiro atoms. The van der Waals surface area contributed by atoms with Gasteiger partial charge < -0.3 is 0 Å². The van der Waals surface area contributed by atoms with Gasteiger partial charge in [-0.3, -0.25) is 4.99 Å². The molecule has 0 aromatic heterocycles. The van der Waals surface area contributed by atoms with Gasteiger partial charge in [-0.05, 0) is 19.4 Å². The van der Waals surface area contributed by atoms with Crippen LogP contribution in [0.5, 0.6) is 0 Å². The molecule has 0 amide bonds. The minimum absolute atomic E-state index is 0.796. The normalized spacial score (nSPS) is 12.2. The first-order chi connectivity index (χ1) is 5.31. The molecule has 0 unspecified atom stereocenters. The summed E-state index contributed by atoms with van der Waals surface area (Å²) in [5.41, 5.74) is 0.796. The Kier molecular flexibility index (Phi) is 6.30. The van der Waals surface area contributed by atoms with Crippen LogP contribution in [-0.2, 0) is 0 Å². The van der Waals surface area contributed by atoms with E-state index in [1.54, 1.807) is 0 Å². The molecule has 0 fully saturated rings. The quantitative estimate of drug-likeness (QED) is 0.430. The number of aliphatic imine (C=N–C) groups is 1. The van der Waals surface area contributed by atoms with Gasteiger partial charge in [0.1, 0.15) is 0 Å². The Labute approximate surface area is 68.9 Å². The van der Waals surface area contributed by atoms with E-state index in [-0.39, 0.29) is 0 Å². The summed E-state index contributed by atoms with van der Waals surface area (Å²) in [6, 6.07) is 0. The van der Waals surface area contributed by atoms with Crippen molar-refractivity contribution < 1.29 is 0 Å². The molecule has 0 heterocycles. The Morgan fingerprint density at radius 2 is 2.18 bits per heavy atom. The molecule has 0 N–H and O–H groups in total. The van der Waals surface area contributed by atoms with Crippen LogP contribution in [0.25, 0.3) is 0 Å². The van der Waals surface area contributed by atoms with Crippen LogP contribution in [0.1, 0.15) is 20.3 Å². The molecule has 60 valence electrons. The molecule has 0 saturated carbocycles. The van der Waals surface area contributed by atoms with E-state index < -0.39 is 0 Å². The molecule has 0 aliphatic rings. The minimum Gasteiger partial charge on any atom is -0.262 e. The van der Waals surface area contributed by atoms with Crippen LogP contribution in [0.4, 0.5) is 0 Å². The van der Waals surface area contributed by atoms with Gasteiger partial charge in [-0.25, -0.2) is 0 Å². The standard InChI is InChI=1S/C10H15N/c1-4-6-7-8-10(3)11-9-5-2/h4,6-9H,3,5H2,1-2H3/b6-4?,8-7-,11-9?. The summed E-state index contributed by atoms with van der Waals surface area (Å²) in [6.45, 7) is 7.77. The molecule has 0 aliphatic carbocycles. The molecule has 1 heteroatoms. The van der Waals surface area contributed by atoms with E-state index in [2.05, 4.69) is 11.6 Å². The van der Waals surface area contributed by atoms with E-state index in [1.165, 1.54) is 0 Å². The van der Waals surface area contributed by atoms with E-state index in [9.17, 15) is 0 Å². The second-order valence-corrected chi connectivity index (χ2v) is 2.10. The first-order valence-corrected chi connectivity index (χ1v) is 3.82. The summed E-state index contributed by atoms with van der Waals surface area (Å²) in [4.78, 5) is 4.07. The highest BCUT2D eigenvalue weighted by molar-refractivity contribution is 5.58. The lowest BCUT2D eigenvalue weighted by Crippen LogP contribution is -1.70. The zero-order chi connectivity index (χ0) is 8.53. The fourth-order valence-corrected chi connectivity index (χ4v) is 0.529. The molecule has 1 nitrogen and oxygen atoms in total. The summed E-state index contributed by atoms with van der Waals surface area (Å²) in [5, 5.41) is 0. The predicted molar refractivity (Wildman–Crippen MR) is 51.9 cm³/mol. The van der Waals surface area contributed by atoms with Crippen molar-refractivity contribution in [2.75, 3.05) is 0 Å². The maximum Gasteiger partial charge on any atom is 0.0553 e. The number of hydrogen-bond donors (Lipinski definition) is 0. The largest absolute Gasteiger partial charge is 0.262 e. The molecular formula is C10H15N. The van der Waals surface area contributed by atoms with Crippen molar-refractivity contribution in [3.8, 4) is 0 Å². The van der Waals surface area contributed by atoms with Crippen LogP contribution < -0.4 is 0 Å². The number of nitrogens with zero attached hydrogens (tertiary/aromatic N) is 1. The van der Waals surface area contributed by atoms with Crippen molar-refractivity contribution in [2.24, 2.45) is 4.99 Å². The van der Waals surface area contributed by atoms with Crippen LogP contribution in [-0.4, -0.2) is 6.21 Å². The zero-order valence-electron chi connectivity index (χ0n) is 7.25. The third-order valence-electron chi connectivity index (χ3n) is 1.03. The summed E-state index contributed by atoms with van der Waals surface area (Å²) < 4.78 is 0. The second-order valence-electron chi connectivity index (χ2n) is 2.10. The maximum absolute atomic E-state index is 4.07. The molecule has 0 saturated heterocycles. The SMILES string of the molecule is C=C(/C=C\C=CC)N=CCC. The van der Waals surface area contributed by atoms with Gasteiger partial charge in [-0.1, -0.05) is 31.7 Å². The molecular weight excluding hydrogens is 134 g/mol. The Bertz CT molecular complexity index is 185. The summed E-state index contributed by atoms with van der Waals surface area (Å²) in [7, 11) is 0. The Morgan fingerprint density at radius 3 is 2.73 bits per heavy atom. The highest BCUT2D eigenvalue weighted by Crippen LogP contribution is 1.94. The van der Waals surface area contributed by atoms with Gasteiger partial charge in [0.05, 0.1) is 5.70 Å². The van der Waals surface area contributed by atoms with Crippen LogP contribution in [0.15, 0.2) is 41.6 Å². The second kappa shape index (κ2) is 7.00. The monoisotopic (exact) mass is 149 g/mol. The van der Waals surface area contributed by atoms with Crippen molar-refractivity contribution in [2.45, 2.75) is 20.3 Å². The minimum atomic E-state index is 0.796. The van der Waals surface area contributed by atoms with Crippen LogP contribution in [0.3, 0.4) is 0 Å². The number of allylic oxidation sites excluding steroid dienone is 4. The lowest BCUT2D eigenvalue weighted by Gasteiger charge is -1.85. The molecule has 0 bridgehead atoms. The van der Waals surface area contributed by atoms with Gasteiger partial charge >= 0.3 is 0 Å². The molecule has 0 atom stereocenters. The van der Waals surface area contributed by atoms with Crippen molar-refractivity contribution >= 4 is 6.21 Å². The van der Waals surface area contributed by atoms with Gasteiger partial charge in [0.2, 0.25) is 0 Å². The van der Waals surface area contributed by atoms with Crippen molar-refractivity contribution in [3.63, 3.8) is 0 Å². The maximum atomic E-state index is 4.07. The van der Waals surface area contributed by atoms with Gasteiger partial charge in [-0.15, -0.1) is 0 Å². The van der Waals surface area contributed by atoms with Crippen LogP contribution in [0, 0.1) is 0 Å². The fraction of sp³-hybridized carbons (Fsp3) is 0.300. The van der Waals surface area contributed by atoms with Crippen molar-refractivity contribution in [3.05, 3.63) is 36.6 Å². The third-order valence-corrected chi connectivity index (χ3v) is 1.03. The van der Waals surface area contributed by atoms with Crippen molar-refractivity contribution in [1.29, 1.82) is 0 Å². The highest BCUT2D eigenvalue weighted by Gasteiger charge is 1.76. The first-order valence-electron chi connectivity index (χ1n) is 3.82. The fourth-order valence-electron chi connectivity index (χ4n) is 0.529. The Balaban J connectivity index is 3.77. The molecule has 0 aliphatic heterocycles. The molecule has 0 aromatic carbocycles. The van der Waals surface area contributed by atoms with Gasteiger partial charge in [-0.2, -0.15) is 0 Å². The van der Waals surface area contributed by atoms with Gasteiger partial charge in [0.15, 0.2) is 0 Å². The van der Waals surface area contributed by atoms with Gasteiger partial charge in [0.25, 0.3) is 0 Å². The summed E-state index contributed by atoms with van der Waals surface area (Å²) >= 11 is 0. The summed E-state index contributed by atoms with van der Waals surface area (Å²) in [6.07, 6.45) is 10.5. The average molecular weight is 149 g/mol. The average Bonchev–Trinajstić information content (AvgIpc) is 2.01. The lowest BCUT2D eigenvalue weighted by molar-refractivity contribution is 1.29. The smallest absolute Gasteiger partial charge is 0.0553 e. The van der Waals surface area contributed by atoms with Gasteiger partial charge in [0, 0.05) is 6.21 Å². The van der Waals surface area contributed by atoms with E-state index in [0.717, 1.165) is 12.1 Å². The summed E-state index contributed by atoms with van der Waals surface area (Å²) in [5.74, 6) is 0. The lowest BCUT2D eigenvalue weighted by atomic mass is 10.4. The van der Waals surface area contributed by atoms with E-state index >= 15 is 0 Å². The zero-order valence-corrected chi connectivity index (χ0v) is 7.25. The molecule has 11 heavy (non-hydrogen) atoms. The topological polar surface area (TPSA) is 12.4 Å². The first kappa shape index (κ1) is 9.89. The number of rotatable bonds is 4. The van der Waals surface area contributed by atoms with Crippen molar-refractivity contribution in [1.82, 2.24) is 0 Å². The predicted octanol–water partition coefficient (Wildman–Crippen LogP) is 3.11. The Hall–Kier alpha value is -1.11. The number of hydrogen-bond acceptors (Lipinski definition) is 1. The van der Waals surface area contributed by atoms with Crippen LogP contribution in [0.2, 0.25) is 0 Å². The van der Waals surface area contributed by atoms with E-state index in [4.69, 9.17) is 0 Å². The highest BCUT2D eigenvalue weighted by atomic mass is 14.7. The van der Waals surface area contributed by atoms with E-state index in [1.807, 2.05) is 44.4 Å². The third kappa shape index (κ3) is 6.78. The molecule has 0 rings (SSSR count). The van der Waals surface area contributed by atoms with Crippen LogP contribution >= 0.6 is 0 Å². The van der Waals surface area contributed by atoms with E-state index in [0.29, 0.717) is 0 Å². The Morgan fingerprint density at radius 1 is 1.45 bits per heavy atom.